The largest absolute Gasteiger partial charge is 0.466 e. The first-order valence-corrected chi connectivity index (χ1v) is 9.39. The molecule has 1 unspecified atom stereocenters. The van der Waals surface area contributed by atoms with Gasteiger partial charge in [0.15, 0.2) is 0 Å². The third-order valence-corrected chi connectivity index (χ3v) is 5.37. The number of halogens is 1. The maximum Gasteiger partial charge on any atom is 0.336 e. The summed E-state index contributed by atoms with van der Waals surface area (Å²) in [5.41, 5.74) is 1.31. The summed E-state index contributed by atoms with van der Waals surface area (Å²) < 4.78 is 5.66. The smallest absolute Gasteiger partial charge is 0.336 e. The fraction of sp³-hybridized carbons (Fsp3) is 0.100. The molecular formula is C20H16BrNO3S. The average Bonchev–Trinajstić information content (AvgIpc) is 2.67. The van der Waals surface area contributed by atoms with Crippen molar-refractivity contribution in [1.29, 1.82) is 0 Å². The Labute approximate surface area is 164 Å². The maximum absolute atomic E-state index is 11.8. The highest BCUT2D eigenvalue weighted by atomic mass is 79.9. The zero-order valence-corrected chi connectivity index (χ0v) is 16.4. The minimum absolute atomic E-state index is 0.0257. The van der Waals surface area contributed by atoms with Crippen molar-refractivity contribution < 1.29 is 14.6 Å². The van der Waals surface area contributed by atoms with Crippen molar-refractivity contribution in [3.05, 3.63) is 76.8 Å². The van der Waals surface area contributed by atoms with Crippen LogP contribution in [0.5, 0.6) is 0 Å². The predicted octanol–water partition coefficient (Wildman–Crippen LogP) is 4.91. The number of pyridine rings is 1. The van der Waals surface area contributed by atoms with Gasteiger partial charge in [-0.2, -0.15) is 0 Å². The number of benzene rings is 2. The number of aliphatic hydroxyl groups excluding tert-OH is 1. The zero-order chi connectivity index (χ0) is 18.7. The third-order valence-electron chi connectivity index (χ3n) is 3.82. The number of ether oxygens (including phenoxy) is 1. The second kappa shape index (κ2) is 8.03. The van der Waals surface area contributed by atoms with Gasteiger partial charge >= 0.3 is 5.97 Å². The van der Waals surface area contributed by atoms with E-state index in [0.29, 0.717) is 10.6 Å². The standard InChI is InChI=1S/C20H16BrNO3S/c1-12(20(24)25-2)18(23)16-11-13-5-3-4-6-17(13)22-19(16)26-15-9-7-14(21)8-10-15/h3-11,18,23H,1H2,2H3. The highest BCUT2D eigenvalue weighted by Gasteiger charge is 2.23. The number of hydrogen-bond acceptors (Lipinski definition) is 5. The lowest BCUT2D eigenvalue weighted by atomic mass is 10.0. The number of methoxy groups -OCH3 is 1. The number of esters is 1. The summed E-state index contributed by atoms with van der Waals surface area (Å²) in [4.78, 5) is 17.4. The van der Waals surface area contributed by atoms with Crippen molar-refractivity contribution in [1.82, 2.24) is 4.98 Å². The molecule has 4 nitrogen and oxygen atoms in total. The van der Waals surface area contributed by atoms with E-state index in [0.717, 1.165) is 20.3 Å². The summed E-state index contributed by atoms with van der Waals surface area (Å²) in [6.07, 6.45) is -1.20. The monoisotopic (exact) mass is 429 g/mol. The van der Waals surface area contributed by atoms with E-state index in [4.69, 9.17) is 0 Å². The molecule has 1 heterocycles. The van der Waals surface area contributed by atoms with Crippen LogP contribution in [0.25, 0.3) is 10.9 Å². The maximum atomic E-state index is 11.8. The molecule has 3 rings (SSSR count). The molecular weight excluding hydrogens is 414 g/mol. The molecule has 26 heavy (non-hydrogen) atoms. The molecule has 1 aromatic heterocycles. The van der Waals surface area contributed by atoms with E-state index >= 15 is 0 Å². The highest BCUT2D eigenvalue weighted by Crippen LogP contribution is 2.36. The van der Waals surface area contributed by atoms with Crippen LogP contribution in [0.15, 0.2) is 81.1 Å². The Balaban J connectivity index is 2.08. The first-order chi connectivity index (χ1) is 12.5. The van der Waals surface area contributed by atoms with Gasteiger partial charge in [0.25, 0.3) is 0 Å². The molecule has 0 saturated carbocycles. The van der Waals surface area contributed by atoms with Crippen LogP contribution in [0.2, 0.25) is 0 Å². The van der Waals surface area contributed by atoms with Crippen molar-refractivity contribution in [2.45, 2.75) is 16.0 Å². The number of hydrogen-bond donors (Lipinski definition) is 1. The molecule has 2 aromatic carbocycles. The van der Waals surface area contributed by atoms with Gasteiger partial charge in [-0.1, -0.05) is 52.5 Å². The molecule has 1 N–H and O–H groups in total. The van der Waals surface area contributed by atoms with Gasteiger partial charge in [-0.05, 0) is 36.4 Å². The van der Waals surface area contributed by atoms with E-state index < -0.39 is 12.1 Å². The normalized spacial score (nSPS) is 12.0. The van der Waals surface area contributed by atoms with E-state index in [1.54, 1.807) is 0 Å². The van der Waals surface area contributed by atoms with Gasteiger partial charge in [0, 0.05) is 20.3 Å². The van der Waals surface area contributed by atoms with Crippen LogP contribution < -0.4 is 0 Å². The Bertz CT molecular complexity index is 972. The van der Waals surface area contributed by atoms with Gasteiger partial charge in [-0.25, -0.2) is 9.78 Å². The molecule has 0 saturated heterocycles. The van der Waals surface area contributed by atoms with Gasteiger partial charge in [-0.3, -0.25) is 0 Å². The molecule has 0 aliphatic heterocycles. The zero-order valence-electron chi connectivity index (χ0n) is 14.0. The molecule has 0 aliphatic carbocycles. The van der Waals surface area contributed by atoms with Crippen molar-refractivity contribution in [2.24, 2.45) is 0 Å². The second-order valence-corrected chi connectivity index (χ2v) is 7.53. The number of rotatable bonds is 5. The number of fused-ring (bicyclic) bond motifs is 1. The lowest BCUT2D eigenvalue weighted by molar-refractivity contribution is -0.137. The molecule has 132 valence electrons. The molecule has 0 spiro atoms. The molecule has 6 heteroatoms. The predicted molar refractivity (Wildman–Crippen MR) is 106 cm³/mol. The summed E-state index contributed by atoms with van der Waals surface area (Å²) in [6.45, 7) is 3.67. The molecule has 3 aromatic rings. The van der Waals surface area contributed by atoms with E-state index in [-0.39, 0.29) is 5.57 Å². The minimum Gasteiger partial charge on any atom is -0.466 e. The van der Waals surface area contributed by atoms with Gasteiger partial charge in [0.05, 0.1) is 18.2 Å². The van der Waals surface area contributed by atoms with Gasteiger partial charge in [0.1, 0.15) is 11.1 Å². The SMILES string of the molecule is C=C(C(=O)OC)C(O)c1cc2ccccc2nc1Sc1ccc(Br)cc1. The summed E-state index contributed by atoms with van der Waals surface area (Å²) >= 11 is 4.83. The van der Waals surface area contributed by atoms with Crippen LogP contribution in [-0.4, -0.2) is 23.2 Å². The number of nitrogens with zero attached hydrogens (tertiary/aromatic N) is 1. The van der Waals surface area contributed by atoms with Crippen LogP contribution in [0.1, 0.15) is 11.7 Å². The number of aliphatic hydroxyl groups is 1. The molecule has 0 aliphatic rings. The van der Waals surface area contributed by atoms with Crippen molar-refractivity contribution >= 4 is 44.6 Å². The van der Waals surface area contributed by atoms with Gasteiger partial charge < -0.3 is 9.84 Å². The summed E-state index contributed by atoms with van der Waals surface area (Å²) in [5.74, 6) is -0.648. The topological polar surface area (TPSA) is 59.4 Å². The van der Waals surface area contributed by atoms with Crippen LogP contribution in [0, 0.1) is 0 Å². The molecule has 1 atom stereocenters. The van der Waals surface area contributed by atoms with E-state index in [1.165, 1.54) is 18.9 Å². The van der Waals surface area contributed by atoms with Crippen molar-refractivity contribution in [3.8, 4) is 0 Å². The molecule has 0 radical (unpaired) electrons. The van der Waals surface area contributed by atoms with Crippen molar-refractivity contribution in [2.75, 3.05) is 7.11 Å². The van der Waals surface area contributed by atoms with Crippen LogP contribution in [-0.2, 0) is 9.53 Å². The second-order valence-electron chi connectivity index (χ2n) is 5.55. The van der Waals surface area contributed by atoms with Crippen LogP contribution >= 0.6 is 27.7 Å². The molecule has 0 bridgehead atoms. The first kappa shape index (κ1) is 18.6. The van der Waals surface area contributed by atoms with Gasteiger partial charge in [0.2, 0.25) is 0 Å². The number of aromatic nitrogens is 1. The Hall–Kier alpha value is -2.15. The Morgan fingerprint density at radius 2 is 1.92 bits per heavy atom. The third kappa shape index (κ3) is 3.98. The van der Waals surface area contributed by atoms with Gasteiger partial charge in [-0.15, -0.1) is 0 Å². The van der Waals surface area contributed by atoms with Crippen LogP contribution in [0.3, 0.4) is 0 Å². The Morgan fingerprint density at radius 3 is 2.62 bits per heavy atom. The Kier molecular flexibility index (Phi) is 5.76. The van der Waals surface area contributed by atoms with Crippen molar-refractivity contribution in [3.63, 3.8) is 0 Å². The quantitative estimate of drug-likeness (QED) is 0.461. The van der Waals surface area contributed by atoms with E-state index in [9.17, 15) is 9.90 Å². The first-order valence-electron chi connectivity index (χ1n) is 7.78. The number of carbonyl (C=O) groups is 1. The molecule has 0 amide bonds. The van der Waals surface area contributed by atoms with Crippen LogP contribution in [0.4, 0.5) is 0 Å². The summed E-state index contributed by atoms with van der Waals surface area (Å²) in [7, 11) is 1.26. The summed E-state index contributed by atoms with van der Waals surface area (Å²) in [5, 5.41) is 12.2. The molecule has 0 fully saturated rings. The lowest BCUT2D eigenvalue weighted by Crippen LogP contribution is -2.13. The minimum atomic E-state index is -1.20. The summed E-state index contributed by atoms with van der Waals surface area (Å²) in [6, 6.07) is 17.2. The fourth-order valence-electron chi connectivity index (χ4n) is 2.44. The average molecular weight is 430 g/mol. The number of para-hydroxylation sites is 1. The Morgan fingerprint density at radius 1 is 1.23 bits per heavy atom. The van der Waals surface area contributed by atoms with E-state index in [2.05, 4.69) is 32.2 Å². The van der Waals surface area contributed by atoms with E-state index in [1.807, 2.05) is 54.6 Å². The fourth-order valence-corrected chi connectivity index (χ4v) is 3.63. The highest BCUT2D eigenvalue weighted by molar-refractivity contribution is 9.10. The lowest BCUT2D eigenvalue weighted by Gasteiger charge is -2.17. The number of carbonyl (C=O) groups excluding carboxylic acids is 1.